The number of hydrogen-bond donors (Lipinski definition) is 1. The molecule has 0 aliphatic rings. The molecule has 0 aliphatic carbocycles. The van der Waals surface area contributed by atoms with Crippen molar-refractivity contribution >= 4 is 16.2 Å². The minimum absolute atomic E-state index is 0.0634. The van der Waals surface area contributed by atoms with Crippen molar-refractivity contribution in [1.29, 1.82) is 0 Å². The normalized spacial score (nSPS) is 11.4. The molecule has 0 atom stereocenters. The Morgan fingerprint density at radius 3 is 1.58 bits per heavy atom. The van der Waals surface area contributed by atoms with Crippen molar-refractivity contribution in [3.05, 3.63) is 66.2 Å². The maximum absolute atomic E-state index is 11.9. The Hall–Kier alpha value is -2.58. The van der Waals surface area contributed by atoms with Gasteiger partial charge in [0.05, 0.1) is 77.6 Å². The molecule has 0 fully saturated rings. The maximum atomic E-state index is 11.9. The molecule has 0 spiro atoms. The highest BCUT2D eigenvalue weighted by Crippen LogP contribution is 2.10. The number of carbonyl (C=O) groups excluding carboxylic acids is 1. The van der Waals surface area contributed by atoms with Crippen LogP contribution < -0.4 is 5.32 Å². The number of benzene rings is 2. The van der Waals surface area contributed by atoms with Crippen molar-refractivity contribution in [1.82, 2.24) is 5.32 Å². The van der Waals surface area contributed by atoms with Gasteiger partial charge >= 0.3 is 6.09 Å². The Labute approximate surface area is 224 Å². The molecule has 0 aromatic heterocycles. The standard InChI is InChI=1S/C26H37NO10S/c28-26(36-23-24-7-3-1-4-8-24)27-11-12-31-13-14-32-15-16-33-17-18-34-19-20-35-21-22-37-38(29,30)25-9-5-2-6-10-25/h1-10H,11-23H2,(H,27,28). The molecule has 0 unspecified atom stereocenters. The van der Waals surface area contributed by atoms with E-state index in [0.717, 1.165) is 5.56 Å². The van der Waals surface area contributed by atoms with Crippen molar-refractivity contribution in [2.45, 2.75) is 11.5 Å². The fourth-order valence-corrected chi connectivity index (χ4v) is 3.75. The summed E-state index contributed by atoms with van der Waals surface area (Å²) < 4.78 is 60.8. The van der Waals surface area contributed by atoms with Gasteiger partial charge in [-0.2, -0.15) is 8.42 Å². The predicted molar refractivity (Wildman–Crippen MR) is 138 cm³/mol. The van der Waals surface area contributed by atoms with E-state index < -0.39 is 16.2 Å². The summed E-state index contributed by atoms with van der Waals surface area (Å²) in [5, 5.41) is 2.62. The van der Waals surface area contributed by atoms with Gasteiger partial charge in [-0.05, 0) is 17.7 Å². The van der Waals surface area contributed by atoms with E-state index in [-0.39, 0.29) is 24.7 Å². The van der Waals surface area contributed by atoms with Crippen LogP contribution in [0.2, 0.25) is 0 Å². The summed E-state index contributed by atoms with van der Waals surface area (Å²) >= 11 is 0. The Kier molecular flexibility index (Phi) is 17.0. The SMILES string of the molecule is O=C(NCCOCCOCCOCCOCCOCCOS(=O)(=O)c1ccccc1)OCc1ccccc1. The monoisotopic (exact) mass is 555 g/mol. The van der Waals surface area contributed by atoms with Crippen LogP contribution in [0.25, 0.3) is 0 Å². The Morgan fingerprint density at radius 2 is 1.05 bits per heavy atom. The van der Waals surface area contributed by atoms with E-state index in [1.807, 2.05) is 30.3 Å². The second kappa shape index (κ2) is 20.4. The van der Waals surface area contributed by atoms with E-state index in [9.17, 15) is 13.2 Å². The van der Waals surface area contributed by atoms with E-state index in [1.54, 1.807) is 18.2 Å². The van der Waals surface area contributed by atoms with Gasteiger partial charge in [0.1, 0.15) is 6.61 Å². The van der Waals surface area contributed by atoms with E-state index >= 15 is 0 Å². The van der Waals surface area contributed by atoms with Gasteiger partial charge in [0.15, 0.2) is 0 Å². The lowest BCUT2D eigenvalue weighted by Crippen LogP contribution is -2.28. The van der Waals surface area contributed by atoms with Gasteiger partial charge in [-0.25, -0.2) is 4.79 Å². The summed E-state index contributed by atoms with van der Waals surface area (Å²) in [6, 6.07) is 17.4. The van der Waals surface area contributed by atoms with Gasteiger partial charge in [-0.15, -0.1) is 0 Å². The fraction of sp³-hybridized carbons (Fsp3) is 0.500. The molecule has 1 N–H and O–H groups in total. The zero-order chi connectivity index (χ0) is 27.2. The van der Waals surface area contributed by atoms with Crippen LogP contribution in [-0.2, 0) is 49.3 Å². The highest BCUT2D eigenvalue weighted by molar-refractivity contribution is 7.86. The van der Waals surface area contributed by atoms with Crippen LogP contribution in [0.3, 0.4) is 0 Å². The summed E-state index contributed by atoms with van der Waals surface area (Å²) in [6.45, 7) is 4.24. The lowest BCUT2D eigenvalue weighted by Gasteiger charge is -2.09. The second-order valence-corrected chi connectivity index (χ2v) is 9.25. The molecule has 1 amide bonds. The molecule has 0 bridgehead atoms. The zero-order valence-electron chi connectivity index (χ0n) is 21.5. The molecule has 212 valence electrons. The van der Waals surface area contributed by atoms with Gasteiger partial charge in [0, 0.05) is 6.54 Å². The number of rotatable bonds is 22. The quantitative estimate of drug-likeness (QED) is 0.171. The van der Waals surface area contributed by atoms with Crippen LogP contribution in [0, 0.1) is 0 Å². The van der Waals surface area contributed by atoms with E-state index in [4.69, 9.17) is 32.6 Å². The van der Waals surface area contributed by atoms with Crippen molar-refractivity contribution in [3.8, 4) is 0 Å². The third kappa shape index (κ3) is 15.6. The van der Waals surface area contributed by atoms with E-state index in [2.05, 4.69) is 5.32 Å². The summed E-state index contributed by atoms with van der Waals surface area (Å²) in [7, 11) is -3.76. The molecular weight excluding hydrogens is 518 g/mol. The fourth-order valence-electron chi connectivity index (χ4n) is 2.84. The molecule has 0 saturated carbocycles. The molecule has 2 rings (SSSR count). The van der Waals surface area contributed by atoms with Gasteiger partial charge in [0.2, 0.25) is 0 Å². The molecule has 2 aromatic carbocycles. The van der Waals surface area contributed by atoms with Crippen LogP contribution >= 0.6 is 0 Å². The summed E-state index contributed by atoms with van der Waals surface area (Å²) in [4.78, 5) is 11.7. The lowest BCUT2D eigenvalue weighted by molar-refractivity contribution is -0.0123. The van der Waals surface area contributed by atoms with Crippen LogP contribution in [-0.4, -0.2) is 93.7 Å². The predicted octanol–water partition coefficient (Wildman–Crippen LogP) is 2.40. The second-order valence-electron chi connectivity index (χ2n) is 7.64. The Bertz CT molecular complexity index is 961. The first-order valence-electron chi connectivity index (χ1n) is 12.4. The molecular formula is C26H37NO10S. The van der Waals surface area contributed by atoms with Crippen molar-refractivity contribution in [3.63, 3.8) is 0 Å². The average Bonchev–Trinajstić information content (AvgIpc) is 2.94. The first kappa shape index (κ1) is 31.6. The number of nitrogens with one attached hydrogen (secondary N) is 1. The molecule has 38 heavy (non-hydrogen) atoms. The molecule has 12 heteroatoms. The average molecular weight is 556 g/mol. The van der Waals surface area contributed by atoms with Crippen LogP contribution in [0.4, 0.5) is 4.79 Å². The third-order valence-corrected chi connectivity index (χ3v) is 6.04. The van der Waals surface area contributed by atoms with Crippen molar-refractivity contribution < 1.29 is 45.8 Å². The highest BCUT2D eigenvalue weighted by atomic mass is 32.2. The van der Waals surface area contributed by atoms with Crippen molar-refractivity contribution in [2.24, 2.45) is 0 Å². The topological polar surface area (TPSA) is 128 Å². The van der Waals surface area contributed by atoms with Crippen LogP contribution in [0.1, 0.15) is 5.56 Å². The van der Waals surface area contributed by atoms with E-state index in [1.165, 1.54) is 12.1 Å². The Balaban J connectivity index is 1.26. The van der Waals surface area contributed by atoms with Gasteiger partial charge < -0.3 is 33.7 Å². The minimum atomic E-state index is -3.76. The Morgan fingerprint density at radius 1 is 0.605 bits per heavy atom. The van der Waals surface area contributed by atoms with Crippen molar-refractivity contribution in [2.75, 3.05) is 79.2 Å². The third-order valence-electron chi connectivity index (χ3n) is 4.71. The zero-order valence-corrected chi connectivity index (χ0v) is 22.3. The molecule has 0 aliphatic heterocycles. The van der Waals surface area contributed by atoms with Gasteiger partial charge in [-0.3, -0.25) is 4.18 Å². The minimum Gasteiger partial charge on any atom is -0.445 e. The first-order valence-corrected chi connectivity index (χ1v) is 13.8. The molecule has 2 aromatic rings. The lowest BCUT2D eigenvalue weighted by atomic mass is 10.2. The number of hydrogen-bond acceptors (Lipinski definition) is 10. The summed E-state index contributed by atoms with van der Waals surface area (Å²) in [5.41, 5.74) is 0.928. The number of alkyl carbamates (subject to hydrolysis) is 1. The highest BCUT2D eigenvalue weighted by Gasteiger charge is 2.13. The smallest absolute Gasteiger partial charge is 0.407 e. The summed E-state index contributed by atoms with van der Waals surface area (Å²) in [6.07, 6.45) is -0.482. The maximum Gasteiger partial charge on any atom is 0.407 e. The van der Waals surface area contributed by atoms with E-state index in [0.29, 0.717) is 66.0 Å². The molecule has 11 nitrogen and oxygen atoms in total. The number of amides is 1. The number of carbonyl (C=O) groups is 1. The largest absolute Gasteiger partial charge is 0.445 e. The van der Waals surface area contributed by atoms with Crippen LogP contribution in [0.5, 0.6) is 0 Å². The first-order chi connectivity index (χ1) is 18.6. The molecule has 0 heterocycles. The molecule has 0 saturated heterocycles. The number of ether oxygens (including phenoxy) is 6. The summed E-state index contributed by atoms with van der Waals surface area (Å²) in [5.74, 6) is 0. The van der Waals surface area contributed by atoms with Gasteiger partial charge in [-0.1, -0.05) is 48.5 Å². The van der Waals surface area contributed by atoms with Crippen LogP contribution in [0.15, 0.2) is 65.6 Å². The van der Waals surface area contributed by atoms with Gasteiger partial charge in [0.25, 0.3) is 10.1 Å². The molecule has 0 radical (unpaired) electrons.